The van der Waals surface area contributed by atoms with Gasteiger partial charge in [0, 0.05) is 30.0 Å². The van der Waals surface area contributed by atoms with Gasteiger partial charge in [-0.05, 0) is 75.9 Å². The number of phenols is 2. The van der Waals surface area contributed by atoms with Crippen LogP contribution < -0.4 is 10.6 Å². The fraction of sp³-hybridized carbons (Fsp3) is 0.425. The molecule has 0 fully saturated rings. The number of hydrogen-bond acceptors (Lipinski definition) is 7. The summed E-state index contributed by atoms with van der Waals surface area (Å²) in [6.07, 6.45) is 4.44. The highest BCUT2D eigenvalue weighted by atomic mass is 32.1. The van der Waals surface area contributed by atoms with Crippen molar-refractivity contribution in [3.8, 4) is 11.5 Å². The maximum Gasteiger partial charge on any atom is 0.255 e. The number of carbonyl (C=O) groups is 3. The summed E-state index contributed by atoms with van der Waals surface area (Å²) in [6.45, 7) is 17.7. The third-order valence-corrected chi connectivity index (χ3v) is 9.83. The normalized spacial score (nSPS) is 11.4. The van der Waals surface area contributed by atoms with Gasteiger partial charge < -0.3 is 20.8 Å². The van der Waals surface area contributed by atoms with Crippen molar-refractivity contribution in [2.45, 2.75) is 98.3 Å². The van der Waals surface area contributed by atoms with Gasteiger partial charge in [0.25, 0.3) is 11.8 Å². The van der Waals surface area contributed by atoms with E-state index in [1.165, 1.54) is 16.2 Å². The number of rotatable bonds is 12. The predicted molar refractivity (Wildman–Crippen MR) is 203 cm³/mol. The molecule has 0 atom stereocenters. The second kappa shape index (κ2) is 17.6. The van der Waals surface area contributed by atoms with Gasteiger partial charge in [0.15, 0.2) is 0 Å². The molecule has 0 saturated carbocycles. The van der Waals surface area contributed by atoms with Gasteiger partial charge in [0.2, 0.25) is 5.78 Å². The molecule has 4 aromatic rings. The lowest BCUT2D eigenvalue weighted by molar-refractivity contribution is 0.0941. The minimum Gasteiger partial charge on any atom is -0.507 e. The second-order valence-corrected chi connectivity index (χ2v) is 16.2. The number of amides is 2. The number of benzene rings is 2. The molecule has 0 spiro atoms. The van der Waals surface area contributed by atoms with Crippen LogP contribution in [-0.2, 0) is 17.3 Å². The second-order valence-electron chi connectivity index (χ2n) is 14.2. The van der Waals surface area contributed by atoms with E-state index in [2.05, 4.69) is 44.4 Å². The van der Waals surface area contributed by atoms with Gasteiger partial charge in [-0.2, -0.15) is 0 Å². The lowest BCUT2D eigenvalue weighted by atomic mass is 9.84. The summed E-state index contributed by atoms with van der Waals surface area (Å²) >= 11 is 2.98. The van der Waals surface area contributed by atoms with E-state index in [4.69, 9.17) is 0 Å². The number of aromatic hydroxyl groups is 2. The van der Waals surface area contributed by atoms with Crippen molar-refractivity contribution in [1.82, 2.24) is 10.6 Å². The molecule has 0 aliphatic rings. The van der Waals surface area contributed by atoms with E-state index in [-0.39, 0.29) is 51.1 Å². The van der Waals surface area contributed by atoms with Crippen molar-refractivity contribution in [2.75, 3.05) is 13.1 Å². The quantitative estimate of drug-likeness (QED) is 0.0867. The summed E-state index contributed by atoms with van der Waals surface area (Å²) < 4.78 is 0. The molecule has 2 aromatic heterocycles. The van der Waals surface area contributed by atoms with Crippen LogP contribution in [0.1, 0.15) is 139 Å². The van der Waals surface area contributed by atoms with E-state index in [0.29, 0.717) is 30.0 Å². The Morgan fingerprint density at radius 3 is 1.63 bits per heavy atom. The van der Waals surface area contributed by atoms with Crippen LogP contribution >= 0.6 is 22.7 Å². The molecule has 2 amide bonds. The van der Waals surface area contributed by atoms with Gasteiger partial charge in [0.05, 0.1) is 21.6 Å². The maximum atomic E-state index is 12.8. The van der Waals surface area contributed by atoms with Gasteiger partial charge >= 0.3 is 0 Å². The molecular weight excluding hydrogens is 653 g/mol. The average Bonchev–Trinajstić information content (AvgIpc) is 3.76. The number of ketones is 1. The van der Waals surface area contributed by atoms with Crippen molar-refractivity contribution < 1.29 is 24.6 Å². The fourth-order valence-electron chi connectivity index (χ4n) is 4.94. The largest absolute Gasteiger partial charge is 0.507 e. The van der Waals surface area contributed by atoms with Gasteiger partial charge in [-0.25, -0.2) is 0 Å². The molecule has 4 rings (SSSR count). The lowest BCUT2D eigenvalue weighted by Crippen LogP contribution is -2.26. The number of nitrogens with one attached hydrogen (secondary N) is 2. The molecule has 0 radical (unpaired) electrons. The Hall–Kier alpha value is -3.95. The highest BCUT2D eigenvalue weighted by molar-refractivity contribution is 7.12. The topological polar surface area (TPSA) is 116 Å². The lowest BCUT2D eigenvalue weighted by Gasteiger charge is -2.22. The molecule has 0 saturated heterocycles. The standard InChI is InChI=1S/C20H25NO3S.C20H27NO2S/c1-5-6-9-21-19(24)15-12-13(20(2,3)4)11-14(17(15)22)18(23)16-8-7-10-25-16;1-5-6-9-21-19(23)17-13-15(20(2,3)4)11-14(18(17)22)12-16-8-7-10-24-16/h7-8,10-12,22H,5-6,9H2,1-4H3,(H,21,24);7-8,10-11,13,22H,5-6,9,12H2,1-4H3,(H,21,23). The van der Waals surface area contributed by atoms with E-state index >= 15 is 0 Å². The Morgan fingerprint density at radius 1 is 0.673 bits per heavy atom. The highest BCUT2D eigenvalue weighted by Crippen LogP contribution is 2.34. The van der Waals surface area contributed by atoms with E-state index < -0.39 is 0 Å². The van der Waals surface area contributed by atoms with Gasteiger partial charge in [-0.3, -0.25) is 14.4 Å². The molecule has 49 heavy (non-hydrogen) atoms. The van der Waals surface area contributed by atoms with Crippen LogP contribution in [0.15, 0.2) is 59.3 Å². The number of unbranched alkanes of at least 4 members (excludes halogenated alkanes) is 2. The molecule has 7 nitrogen and oxygen atoms in total. The zero-order valence-electron chi connectivity index (χ0n) is 30.2. The molecule has 4 N–H and O–H groups in total. The first-order valence-electron chi connectivity index (χ1n) is 17.0. The Morgan fingerprint density at radius 2 is 1.16 bits per heavy atom. The van der Waals surface area contributed by atoms with Crippen LogP contribution in [0.4, 0.5) is 0 Å². The summed E-state index contributed by atoms with van der Waals surface area (Å²) in [5, 5.41) is 30.8. The van der Waals surface area contributed by atoms with Crippen LogP contribution in [0.2, 0.25) is 0 Å². The van der Waals surface area contributed by atoms with Crippen LogP contribution in [-0.4, -0.2) is 40.9 Å². The Labute approximate surface area is 299 Å². The fourth-order valence-corrected chi connectivity index (χ4v) is 6.34. The summed E-state index contributed by atoms with van der Waals surface area (Å²) in [5.74, 6) is -0.955. The number of thiophene rings is 2. The smallest absolute Gasteiger partial charge is 0.255 e. The summed E-state index contributed by atoms with van der Waals surface area (Å²) in [7, 11) is 0. The Kier molecular flexibility index (Phi) is 14.2. The summed E-state index contributed by atoms with van der Waals surface area (Å²) in [4.78, 5) is 39.5. The van der Waals surface area contributed by atoms with E-state index in [0.717, 1.165) is 42.4 Å². The van der Waals surface area contributed by atoms with Gasteiger partial charge in [-0.1, -0.05) is 86.4 Å². The van der Waals surface area contributed by atoms with Crippen molar-refractivity contribution in [2.24, 2.45) is 0 Å². The van der Waals surface area contributed by atoms with Crippen LogP contribution in [0.25, 0.3) is 0 Å². The highest BCUT2D eigenvalue weighted by Gasteiger charge is 2.26. The molecule has 2 aromatic carbocycles. The third kappa shape index (κ3) is 11.0. The zero-order chi connectivity index (χ0) is 36.4. The van der Waals surface area contributed by atoms with Crippen LogP contribution in [0.3, 0.4) is 0 Å². The van der Waals surface area contributed by atoms with Crippen molar-refractivity contribution in [1.29, 1.82) is 0 Å². The molecule has 0 bridgehead atoms. The molecule has 0 aliphatic heterocycles. The van der Waals surface area contributed by atoms with Gasteiger partial charge in [-0.15, -0.1) is 22.7 Å². The maximum absolute atomic E-state index is 12.8. The Bertz CT molecular complexity index is 1700. The molecule has 2 heterocycles. The van der Waals surface area contributed by atoms with Crippen LogP contribution in [0, 0.1) is 0 Å². The van der Waals surface area contributed by atoms with E-state index in [9.17, 15) is 24.6 Å². The SMILES string of the molecule is CCCCNC(=O)c1cc(C(C)(C)C)cc(C(=O)c2cccs2)c1O.CCCCNC(=O)c1cc(C(C)(C)C)cc(Cc2cccs2)c1O. The molecular formula is C40H52N2O5S2. The summed E-state index contributed by atoms with van der Waals surface area (Å²) in [5.41, 5.74) is 3.08. The average molecular weight is 705 g/mol. The van der Waals surface area contributed by atoms with Crippen molar-refractivity contribution >= 4 is 40.3 Å². The minimum atomic E-state index is -0.350. The molecule has 264 valence electrons. The van der Waals surface area contributed by atoms with Crippen molar-refractivity contribution in [3.05, 3.63) is 102 Å². The molecule has 0 aliphatic carbocycles. The molecule has 0 unspecified atom stereocenters. The van der Waals surface area contributed by atoms with Crippen LogP contribution in [0.5, 0.6) is 11.5 Å². The monoisotopic (exact) mass is 704 g/mol. The zero-order valence-corrected chi connectivity index (χ0v) is 31.8. The first-order chi connectivity index (χ1) is 23.1. The third-order valence-electron chi connectivity index (χ3n) is 8.09. The van der Waals surface area contributed by atoms with E-state index in [1.807, 2.05) is 56.7 Å². The predicted octanol–water partition coefficient (Wildman–Crippen LogP) is 9.38. The number of phenolic OH excluding ortho intramolecular Hbond substituents is 2. The Balaban J connectivity index is 0.000000266. The number of hydrogen-bond donors (Lipinski definition) is 4. The molecule has 9 heteroatoms. The van der Waals surface area contributed by atoms with Crippen molar-refractivity contribution in [3.63, 3.8) is 0 Å². The summed E-state index contributed by atoms with van der Waals surface area (Å²) in [6, 6.07) is 14.8. The minimum absolute atomic E-state index is 0.0870. The van der Waals surface area contributed by atoms with Gasteiger partial charge in [0.1, 0.15) is 11.5 Å². The first kappa shape index (κ1) is 39.5. The van der Waals surface area contributed by atoms with E-state index in [1.54, 1.807) is 35.6 Å². The number of carbonyl (C=O) groups excluding carboxylic acids is 3. The first-order valence-corrected chi connectivity index (χ1v) is 18.7.